The molecular formula is C21H26O4. The Morgan fingerprint density at radius 2 is 1.24 bits per heavy atom. The molecule has 0 spiro atoms. The Morgan fingerprint density at radius 3 is 1.72 bits per heavy atom. The van der Waals surface area contributed by atoms with Crippen molar-refractivity contribution in [3.63, 3.8) is 0 Å². The minimum absolute atomic E-state index is 0.557. The molecule has 0 saturated carbocycles. The van der Waals surface area contributed by atoms with Crippen molar-refractivity contribution in [1.29, 1.82) is 0 Å². The standard InChI is InChI=1S/C21H26O4/c1-5-23-19-14-17(15-20(24-6-2)21(19)25-7-3)9-8-16-10-12-18(22-4)13-11-16/h8-15H,5-7H2,1-4H3/b9-8-. The molecule has 4 heteroatoms. The molecule has 2 rings (SSSR count). The molecule has 2 aromatic rings. The molecule has 0 fully saturated rings. The van der Waals surface area contributed by atoms with Crippen LogP contribution >= 0.6 is 0 Å². The van der Waals surface area contributed by atoms with Crippen molar-refractivity contribution in [3.8, 4) is 23.0 Å². The van der Waals surface area contributed by atoms with E-state index in [1.54, 1.807) is 7.11 Å². The molecule has 134 valence electrons. The maximum atomic E-state index is 5.74. The quantitative estimate of drug-likeness (QED) is 0.597. The summed E-state index contributed by atoms with van der Waals surface area (Å²) in [7, 11) is 1.66. The van der Waals surface area contributed by atoms with E-state index in [1.807, 2.05) is 69.3 Å². The first-order valence-corrected chi connectivity index (χ1v) is 8.60. The summed E-state index contributed by atoms with van der Waals surface area (Å²) in [6.45, 7) is 7.55. The van der Waals surface area contributed by atoms with Gasteiger partial charge in [-0.15, -0.1) is 0 Å². The van der Waals surface area contributed by atoms with Gasteiger partial charge in [-0.1, -0.05) is 24.3 Å². The Labute approximate surface area is 150 Å². The van der Waals surface area contributed by atoms with Gasteiger partial charge >= 0.3 is 0 Å². The zero-order chi connectivity index (χ0) is 18.1. The van der Waals surface area contributed by atoms with E-state index in [0.717, 1.165) is 16.9 Å². The highest BCUT2D eigenvalue weighted by Crippen LogP contribution is 2.39. The van der Waals surface area contributed by atoms with Crippen LogP contribution in [0.5, 0.6) is 23.0 Å². The fourth-order valence-corrected chi connectivity index (χ4v) is 2.41. The summed E-state index contributed by atoms with van der Waals surface area (Å²) in [6.07, 6.45) is 4.07. The number of benzene rings is 2. The second kappa shape index (κ2) is 9.62. The van der Waals surface area contributed by atoms with E-state index >= 15 is 0 Å². The molecule has 0 heterocycles. The third-order valence-corrected chi connectivity index (χ3v) is 3.52. The molecule has 0 saturated heterocycles. The molecule has 0 aromatic heterocycles. The first-order chi connectivity index (χ1) is 12.2. The lowest BCUT2D eigenvalue weighted by Crippen LogP contribution is -2.02. The summed E-state index contributed by atoms with van der Waals surface area (Å²) >= 11 is 0. The van der Waals surface area contributed by atoms with Crippen LogP contribution in [0.4, 0.5) is 0 Å². The van der Waals surface area contributed by atoms with Gasteiger partial charge in [0, 0.05) is 0 Å². The zero-order valence-electron chi connectivity index (χ0n) is 15.4. The van der Waals surface area contributed by atoms with Crippen LogP contribution in [-0.2, 0) is 0 Å². The van der Waals surface area contributed by atoms with Crippen molar-refractivity contribution in [2.45, 2.75) is 20.8 Å². The normalized spacial score (nSPS) is 10.7. The van der Waals surface area contributed by atoms with E-state index in [-0.39, 0.29) is 0 Å². The molecule has 0 atom stereocenters. The largest absolute Gasteiger partial charge is 0.497 e. The van der Waals surface area contributed by atoms with Crippen LogP contribution in [0.15, 0.2) is 36.4 Å². The fraction of sp³-hybridized carbons (Fsp3) is 0.333. The average molecular weight is 342 g/mol. The molecule has 0 amide bonds. The number of ether oxygens (including phenoxy) is 4. The Morgan fingerprint density at radius 1 is 0.720 bits per heavy atom. The second-order valence-corrected chi connectivity index (χ2v) is 5.25. The van der Waals surface area contributed by atoms with Crippen molar-refractivity contribution in [1.82, 2.24) is 0 Å². The monoisotopic (exact) mass is 342 g/mol. The van der Waals surface area contributed by atoms with Gasteiger partial charge in [-0.3, -0.25) is 0 Å². The summed E-state index contributed by atoms with van der Waals surface area (Å²) in [5.41, 5.74) is 2.08. The second-order valence-electron chi connectivity index (χ2n) is 5.25. The summed E-state index contributed by atoms with van der Waals surface area (Å²) in [4.78, 5) is 0. The summed E-state index contributed by atoms with van der Waals surface area (Å²) in [5, 5.41) is 0. The van der Waals surface area contributed by atoms with Crippen molar-refractivity contribution in [2.75, 3.05) is 26.9 Å². The SMILES string of the molecule is CCOc1cc(/C=C\c2ccc(OC)cc2)cc(OCC)c1OCC. The van der Waals surface area contributed by atoms with Crippen LogP contribution in [0.25, 0.3) is 12.2 Å². The van der Waals surface area contributed by atoms with Crippen molar-refractivity contribution in [3.05, 3.63) is 47.5 Å². The van der Waals surface area contributed by atoms with E-state index in [1.165, 1.54) is 0 Å². The first-order valence-electron chi connectivity index (χ1n) is 8.60. The third kappa shape index (κ3) is 5.18. The van der Waals surface area contributed by atoms with Gasteiger partial charge in [0.25, 0.3) is 0 Å². The van der Waals surface area contributed by atoms with E-state index in [2.05, 4.69) is 0 Å². The highest BCUT2D eigenvalue weighted by atomic mass is 16.5. The van der Waals surface area contributed by atoms with Crippen LogP contribution in [0.2, 0.25) is 0 Å². The first kappa shape index (κ1) is 18.7. The average Bonchev–Trinajstić information content (AvgIpc) is 2.63. The van der Waals surface area contributed by atoms with Crippen LogP contribution in [0, 0.1) is 0 Å². The maximum Gasteiger partial charge on any atom is 0.203 e. The summed E-state index contributed by atoms with van der Waals surface area (Å²) in [6, 6.07) is 11.8. The molecule has 0 aliphatic heterocycles. The Balaban J connectivity index is 2.33. The van der Waals surface area contributed by atoms with E-state index in [9.17, 15) is 0 Å². The van der Waals surface area contributed by atoms with Crippen LogP contribution in [0.3, 0.4) is 0 Å². The predicted molar refractivity (Wildman–Crippen MR) is 102 cm³/mol. The predicted octanol–water partition coefficient (Wildman–Crippen LogP) is 5.06. The van der Waals surface area contributed by atoms with Gasteiger partial charge in [0.2, 0.25) is 5.75 Å². The van der Waals surface area contributed by atoms with Gasteiger partial charge in [0.15, 0.2) is 11.5 Å². The summed E-state index contributed by atoms with van der Waals surface area (Å²) in [5.74, 6) is 2.90. The van der Waals surface area contributed by atoms with Gasteiger partial charge in [-0.05, 0) is 56.2 Å². The molecule has 25 heavy (non-hydrogen) atoms. The molecular weight excluding hydrogens is 316 g/mol. The molecule has 0 radical (unpaired) electrons. The Bertz CT molecular complexity index is 663. The lowest BCUT2D eigenvalue weighted by Gasteiger charge is -2.16. The van der Waals surface area contributed by atoms with Crippen LogP contribution < -0.4 is 18.9 Å². The van der Waals surface area contributed by atoms with Crippen molar-refractivity contribution in [2.24, 2.45) is 0 Å². The van der Waals surface area contributed by atoms with E-state index in [4.69, 9.17) is 18.9 Å². The highest BCUT2D eigenvalue weighted by molar-refractivity contribution is 5.73. The third-order valence-electron chi connectivity index (χ3n) is 3.52. The van der Waals surface area contributed by atoms with Crippen molar-refractivity contribution < 1.29 is 18.9 Å². The smallest absolute Gasteiger partial charge is 0.203 e. The fourth-order valence-electron chi connectivity index (χ4n) is 2.41. The molecule has 0 aliphatic carbocycles. The minimum atomic E-state index is 0.557. The topological polar surface area (TPSA) is 36.9 Å². The van der Waals surface area contributed by atoms with Gasteiger partial charge in [0.1, 0.15) is 5.75 Å². The molecule has 0 unspecified atom stereocenters. The number of hydrogen-bond donors (Lipinski definition) is 0. The lowest BCUT2D eigenvalue weighted by molar-refractivity contribution is 0.260. The number of rotatable bonds is 9. The lowest BCUT2D eigenvalue weighted by atomic mass is 10.1. The van der Waals surface area contributed by atoms with E-state index in [0.29, 0.717) is 37.1 Å². The zero-order valence-corrected chi connectivity index (χ0v) is 15.4. The molecule has 0 aliphatic rings. The highest BCUT2D eigenvalue weighted by Gasteiger charge is 2.14. The number of methoxy groups -OCH3 is 1. The minimum Gasteiger partial charge on any atom is -0.497 e. The van der Waals surface area contributed by atoms with E-state index < -0.39 is 0 Å². The van der Waals surface area contributed by atoms with Gasteiger partial charge < -0.3 is 18.9 Å². The molecule has 4 nitrogen and oxygen atoms in total. The molecule has 2 aromatic carbocycles. The Kier molecular flexibility index (Phi) is 7.20. The van der Waals surface area contributed by atoms with Crippen molar-refractivity contribution >= 4 is 12.2 Å². The molecule has 0 bridgehead atoms. The summed E-state index contributed by atoms with van der Waals surface area (Å²) < 4.78 is 22.4. The maximum absolute atomic E-state index is 5.74. The van der Waals surface area contributed by atoms with Gasteiger partial charge in [-0.25, -0.2) is 0 Å². The molecule has 0 N–H and O–H groups in total. The van der Waals surface area contributed by atoms with Crippen LogP contribution in [-0.4, -0.2) is 26.9 Å². The van der Waals surface area contributed by atoms with Crippen LogP contribution in [0.1, 0.15) is 31.9 Å². The van der Waals surface area contributed by atoms with Gasteiger partial charge in [0.05, 0.1) is 26.9 Å². The Hall–Kier alpha value is -2.62. The number of hydrogen-bond acceptors (Lipinski definition) is 4. The van der Waals surface area contributed by atoms with Gasteiger partial charge in [-0.2, -0.15) is 0 Å².